The van der Waals surface area contributed by atoms with E-state index in [1.54, 1.807) is 5.06 Å². The second kappa shape index (κ2) is 6.52. The number of fused-ring (bicyclic) bond motifs is 1. The summed E-state index contributed by atoms with van der Waals surface area (Å²) in [5.41, 5.74) is 3.34. The number of hydrogen-bond acceptors (Lipinski definition) is 3. The maximum Gasteiger partial charge on any atom is 0.330 e. The van der Waals surface area contributed by atoms with Crippen LogP contribution in [0.15, 0.2) is 30.5 Å². The number of hydroxylamine groups is 2. The van der Waals surface area contributed by atoms with Crippen LogP contribution in [-0.4, -0.2) is 28.7 Å². The molecule has 0 N–H and O–H groups in total. The van der Waals surface area contributed by atoms with E-state index < -0.39 is 5.41 Å². The van der Waals surface area contributed by atoms with Crippen molar-refractivity contribution in [1.82, 2.24) is 9.63 Å². The van der Waals surface area contributed by atoms with Crippen molar-refractivity contribution in [3.63, 3.8) is 0 Å². The molecule has 2 aromatic rings. The molecule has 0 saturated carbocycles. The fraction of sp³-hybridized carbons (Fsp3) is 0.421. The molecule has 24 heavy (non-hydrogen) atoms. The molecule has 0 amide bonds. The van der Waals surface area contributed by atoms with Gasteiger partial charge in [0.25, 0.3) is 0 Å². The maximum atomic E-state index is 12.0. The van der Waals surface area contributed by atoms with Gasteiger partial charge in [-0.25, -0.2) is 4.79 Å². The van der Waals surface area contributed by atoms with Gasteiger partial charge in [-0.2, -0.15) is 0 Å². The number of carbonyl (C=O) groups is 1. The summed E-state index contributed by atoms with van der Waals surface area (Å²) in [6, 6.07) is 6.63. The first-order valence-corrected chi connectivity index (χ1v) is 9.25. The third-order valence-corrected chi connectivity index (χ3v) is 5.17. The highest BCUT2D eigenvalue weighted by molar-refractivity contribution is 14.1. The smallest absolute Gasteiger partial charge is 0.330 e. The quantitative estimate of drug-likeness (QED) is 0.653. The van der Waals surface area contributed by atoms with Gasteiger partial charge in [-0.05, 0) is 67.0 Å². The summed E-state index contributed by atoms with van der Waals surface area (Å²) in [4.78, 5) is 17.5. The molecule has 0 radical (unpaired) electrons. The predicted molar refractivity (Wildman–Crippen MR) is 105 cm³/mol. The van der Waals surface area contributed by atoms with Gasteiger partial charge < -0.3 is 9.40 Å². The van der Waals surface area contributed by atoms with Crippen LogP contribution in [0.1, 0.15) is 32.8 Å². The molecule has 128 valence electrons. The van der Waals surface area contributed by atoms with Crippen molar-refractivity contribution in [2.45, 2.75) is 27.2 Å². The Morgan fingerprint density at radius 1 is 1.29 bits per heavy atom. The molecule has 5 heteroatoms. The Balaban J connectivity index is 1.75. The number of nitrogens with zero attached hydrogens (tertiary/aromatic N) is 2. The van der Waals surface area contributed by atoms with Crippen LogP contribution < -0.4 is 0 Å². The largest absolute Gasteiger partial charge is 0.367 e. The van der Waals surface area contributed by atoms with Crippen LogP contribution in [0, 0.1) is 8.99 Å². The van der Waals surface area contributed by atoms with E-state index in [0.29, 0.717) is 6.54 Å². The summed E-state index contributed by atoms with van der Waals surface area (Å²) in [7, 11) is 2.08. The molecule has 0 aliphatic carbocycles. The summed E-state index contributed by atoms with van der Waals surface area (Å²) in [5, 5.41) is 3.04. The van der Waals surface area contributed by atoms with Crippen LogP contribution in [0.5, 0.6) is 0 Å². The first-order valence-electron chi connectivity index (χ1n) is 8.17. The van der Waals surface area contributed by atoms with Crippen molar-refractivity contribution in [3.8, 4) is 0 Å². The van der Waals surface area contributed by atoms with E-state index >= 15 is 0 Å². The molecule has 0 bridgehead atoms. The number of aromatic nitrogens is 1. The Labute approximate surface area is 156 Å². The molecule has 0 fully saturated rings. The third-order valence-electron chi connectivity index (χ3n) is 4.31. The third kappa shape index (κ3) is 3.52. The van der Waals surface area contributed by atoms with Crippen molar-refractivity contribution >= 4 is 45.0 Å². The number of halogens is 1. The molecule has 0 spiro atoms. The Morgan fingerprint density at radius 2 is 2.04 bits per heavy atom. The number of aryl methyl sites for hydroxylation is 1. The standard InChI is InChI=1S/C19H23IN2O2/c1-19(2,3)18(23)24-22-9-7-13(8-10-22)14-5-6-15-16(20)12-21(4)17(15)11-14/h5-7,11-12H,8-10H2,1-4H3. The highest BCUT2D eigenvalue weighted by atomic mass is 127. The predicted octanol–water partition coefficient (Wildman–Crippen LogP) is 4.38. The molecule has 0 atom stereocenters. The Morgan fingerprint density at radius 3 is 2.67 bits per heavy atom. The van der Waals surface area contributed by atoms with Gasteiger partial charge in [0.05, 0.1) is 12.0 Å². The van der Waals surface area contributed by atoms with E-state index in [0.717, 1.165) is 13.0 Å². The van der Waals surface area contributed by atoms with Crippen molar-refractivity contribution in [2.75, 3.05) is 13.1 Å². The molecule has 0 saturated heterocycles. The van der Waals surface area contributed by atoms with Gasteiger partial charge in [0.2, 0.25) is 0 Å². The summed E-state index contributed by atoms with van der Waals surface area (Å²) in [6.07, 6.45) is 5.19. The van der Waals surface area contributed by atoms with Crippen molar-refractivity contribution < 1.29 is 9.63 Å². The summed E-state index contributed by atoms with van der Waals surface area (Å²) in [5.74, 6) is -0.181. The molecule has 2 heterocycles. The summed E-state index contributed by atoms with van der Waals surface area (Å²) in [6.45, 7) is 6.99. The normalized spacial score (nSPS) is 16.3. The lowest BCUT2D eigenvalue weighted by atomic mass is 9.97. The molecule has 3 rings (SSSR count). The Bertz CT molecular complexity index is 815. The zero-order valence-corrected chi connectivity index (χ0v) is 16.8. The van der Waals surface area contributed by atoms with Crippen LogP contribution in [0.25, 0.3) is 16.5 Å². The van der Waals surface area contributed by atoms with Gasteiger partial charge in [-0.3, -0.25) is 0 Å². The lowest BCUT2D eigenvalue weighted by Gasteiger charge is -2.28. The second-order valence-electron chi connectivity index (χ2n) is 7.32. The first kappa shape index (κ1) is 17.5. The van der Waals surface area contributed by atoms with Gasteiger partial charge >= 0.3 is 5.97 Å². The number of carbonyl (C=O) groups excluding carboxylic acids is 1. The van der Waals surface area contributed by atoms with E-state index in [1.165, 1.54) is 25.6 Å². The monoisotopic (exact) mass is 438 g/mol. The highest BCUT2D eigenvalue weighted by Crippen LogP contribution is 2.29. The van der Waals surface area contributed by atoms with Gasteiger partial charge in [-0.1, -0.05) is 18.2 Å². The molecular formula is C19H23IN2O2. The van der Waals surface area contributed by atoms with Crippen molar-refractivity contribution in [1.29, 1.82) is 0 Å². The van der Waals surface area contributed by atoms with Crippen LogP contribution in [0.3, 0.4) is 0 Å². The van der Waals surface area contributed by atoms with E-state index in [4.69, 9.17) is 4.84 Å². The second-order valence-corrected chi connectivity index (χ2v) is 8.48. The fourth-order valence-electron chi connectivity index (χ4n) is 2.78. The minimum atomic E-state index is -0.474. The first-order chi connectivity index (χ1) is 11.3. The maximum absolute atomic E-state index is 12.0. The molecule has 1 aromatic heterocycles. The minimum Gasteiger partial charge on any atom is -0.367 e. The van der Waals surface area contributed by atoms with E-state index in [2.05, 4.69) is 64.7 Å². The highest BCUT2D eigenvalue weighted by Gasteiger charge is 2.26. The lowest BCUT2D eigenvalue weighted by molar-refractivity contribution is -0.198. The Kier molecular flexibility index (Phi) is 4.75. The molecule has 1 aliphatic rings. The summed E-state index contributed by atoms with van der Waals surface area (Å²) < 4.78 is 3.44. The molecule has 0 unspecified atom stereocenters. The average molecular weight is 438 g/mol. The van der Waals surface area contributed by atoms with Crippen molar-refractivity contribution in [2.24, 2.45) is 12.5 Å². The van der Waals surface area contributed by atoms with Crippen molar-refractivity contribution in [3.05, 3.63) is 39.6 Å². The van der Waals surface area contributed by atoms with Gasteiger partial charge in [-0.15, -0.1) is 5.06 Å². The van der Waals surface area contributed by atoms with E-state index in [1.807, 2.05) is 20.8 Å². The van der Waals surface area contributed by atoms with Gasteiger partial charge in [0.1, 0.15) is 0 Å². The lowest BCUT2D eigenvalue weighted by Crippen LogP contribution is -2.35. The van der Waals surface area contributed by atoms with Crippen LogP contribution in [0.2, 0.25) is 0 Å². The minimum absolute atomic E-state index is 0.181. The molecule has 1 aliphatic heterocycles. The summed E-state index contributed by atoms with van der Waals surface area (Å²) >= 11 is 2.37. The molecular weight excluding hydrogens is 415 g/mol. The Hall–Kier alpha value is -1.34. The van der Waals surface area contributed by atoms with Crippen LogP contribution >= 0.6 is 22.6 Å². The molecule has 1 aromatic carbocycles. The van der Waals surface area contributed by atoms with Crippen LogP contribution in [0.4, 0.5) is 0 Å². The zero-order chi connectivity index (χ0) is 17.5. The number of rotatable bonds is 2. The zero-order valence-electron chi connectivity index (χ0n) is 14.6. The number of hydrogen-bond donors (Lipinski definition) is 0. The van der Waals surface area contributed by atoms with Gasteiger partial charge in [0.15, 0.2) is 0 Å². The van der Waals surface area contributed by atoms with Crippen LogP contribution in [-0.2, 0) is 16.7 Å². The van der Waals surface area contributed by atoms with E-state index in [9.17, 15) is 4.79 Å². The fourth-order valence-corrected chi connectivity index (χ4v) is 3.66. The average Bonchev–Trinajstić information content (AvgIpc) is 2.81. The topological polar surface area (TPSA) is 34.5 Å². The SMILES string of the molecule is Cn1cc(I)c2ccc(C3=CCN(OC(=O)C(C)(C)C)CC3)cc21. The van der Waals surface area contributed by atoms with Gasteiger partial charge in [0, 0.05) is 34.3 Å². The number of benzene rings is 1. The van der Waals surface area contributed by atoms with E-state index in [-0.39, 0.29) is 5.97 Å². The molecule has 4 nitrogen and oxygen atoms in total.